The number of amides is 1. The standard InChI is InChI=1S/C14H11BrF3N3O2/c15-10-4-2-1-3-9(10)13(23)19-7-8-21-12(22)6-5-11(20-21)14(16,17)18/h1-6H,7-8H2,(H,19,23). The number of hydrogen-bond donors (Lipinski definition) is 1. The van der Waals surface area contributed by atoms with Gasteiger partial charge in [-0.15, -0.1) is 0 Å². The van der Waals surface area contributed by atoms with Crippen molar-refractivity contribution < 1.29 is 18.0 Å². The number of halogens is 4. The van der Waals surface area contributed by atoms with Gasteiger partial charge in [-0.2, -0.15) is 18.3 Å². The molecule has 2 aromatic rings. The molecule has 0 bridgehead atoms. The summed E-state index contributed by atoms with van der Waals surface area (Å²) in [6.45, 7) is -0.201. The van der Waals surface area contributed by atoms with Gasteiger partial charge in [0.05, 0.1) is 12.1 Å². The molecule has 1 aromatic carbocycles. The van der Waals surface area contributed by atoms with Gasteiger partial charge in [-0.05, 0) is 34.1 Å². The molecular formula is C14H11BrF3N3O2. The highest BCUT2D eigenvalue weighted by molar-refractivity contribution is 9.10. The van der Waals surface area contributed by atoms with E-state index in [1.165, 1.54) is 0 Å². The maximum absolute atomic E-state index is 12.6. The molecule has 0 spiro atoms. The van der Waals surface area contributed by atoms with Crippen molar-refractivity contribution >= 4 is 21.8 Å². The summed E-state index contributed by atoms with van der Waals surface area (Å²) in [6, 6.07) is 8.12. The molecule has 0 saturated heterocycles. The van der Waals surface area contributed by atoms with Gasteiger partial charge in [-0.25, -0.2) is 4.68 Å². The molecule has 0 saturated carbocycles. The molecule has 23 heavy (non-hydrogen) atoms. The second-order valence-corrected chi connectivity index (χ2v) is 5.37. The van der Waals surface area contributed by atoms with Crippen LogP contribution in [0.1, 0.15) is 16.1 Å². The zero-order valence-electron chi connectivity index (χ0n) is 11.6. The predicted molar refractivity (Wildman–Crippen MR) is 80.0 cm³/mol. The van der Waals surface area contributed by atoms with Crippen molar-refractivity contribution in [3.8, 4) is 0 Å². The molecular weight excluding hydrogens is 379 g/mol. The Balaban J connectivity index is 2.03. The van der Waals surface area contributed by atoms with E-state index in [4.69, 9.17) is 0 Å². The third-order valence-corrected chi connectivity index (χ3v) is 3.58. The van der Waals surface area contributed by atoms with Gasteiger partial charge in [0.1, 0.15) is 0 Å². The molecule has 0 atom stereocenters. The number of rotatable bonds is 4. The molecule has 0 unspecified atom stereocenters. The lowest BCUT2D eigenvalue weighted by Gasteiger charge is -2.10. The monoisotopic (exact) mass is 389 g/mol. The molecule has 0 aliphatic rings. The number of nitrogens with one attached hydrogen (secondary N) is 1. The molecule has 0 radical (unpaired) electrons. The fraction of sp³-hybridized carbons (Fsp3) is 0.214. The van der Waals surface area contributed by atoms with E-state index in [9.17, 15) is 22.8 Å². The van der Waals surface area contributed by atoms with E-state index in [2.05, 4.69) is 26.3 Å². The fourth-order valence-corrected chi connectivity index (χ4v) is 2.24. The molecule has 0 aliphatic heterocycles. The number of nitrogens with zero attached hydrogens (tertiary/aromatic N) is 2. The zero-order valence-corrected chi connectivity index (χ0v) is 13.2. The molecule has 2 rings (SSSR count). The second-order valence-electron chi connectivity index (χ2n) is 4.51. The minimum Gasteiger partial charge on any atom is -0.350 e. The Bertz CT molecular complexity index is 774. The van der Waals surface area contributed by atoms with Gasteiger partial charge in [-0.1, -0.05) is 12.1 Å². The molecule has 1 amide bonds. The van der Waals surface area contributed by atoms with Crippen LogP contribution in [0.25, 0.3) is 0 Å². The van der Waals surface area contributed by atoms with E-state index < -0.39 is 23.3 Å². The largest absolute Gasteiger partial charge is 0.435 e. The summed E-state index contributed by atoms with van der Waals surface area (Å²) in [5.74, 6) is -0.405. The summed E-state index contributed by atoms with van der Waals surface area (Å²) >= 11 is 3.22. The summed E-state index contributed by atoms with van der Waals surface area (Å²) in [4.78, 5) is 23.4. The maximum Gasteiger partial charge on any atom is 0.435 e. The quantitative estimate of drug-likeness (QED) is 0.873. The van der Waals surface area contributed by atoms with Crippen molar-refractivity contribution in [2.45, 2.75) is 12.7 Å². The second kappa shape index (κ2) is 6.95. The summed E-state index contributed by atoms with van der Waals surface area (Å²) in [7, 11) is 0. The number of alkyl halides is 3. The van der Waals surface area contributed by atoms with Gasteiger partial charge < -0.3 is 5.32 Å². The highest BCUT2D eigenvalue weighted by Gasteiger charge is 2.33. The molecule has 0 fully saturated rings. The van der Waals surface area contributed by atoms with Crippen LogP contribution in [-0.4, -0.2) is 22.2 Å². The van der Waals surface area contributed by atoms with Crippen molar-refractivity contribution in [3.05, 3.63) is 62.5 Å². The SMILES string of the molecule is O=C(NCCn1nc(C(F)(F)F)ccc1=O)c1ccccc1Br. The third kappa shape index (κ3) is 4.41. The lowest BCUT2D eigenvalue weighted by molar-refractivity contribution is -0.142. The van der Waals surface area contributed by atoms with Crippen LogP contribution >= 0.6 is 15.9 Å². The van der Waals surface area contributed by atoms with Gasteiger partial charge in [0, 0.05) is 17.1 Å². The first-order valence-electron chi connectivity index (χ1n) is 6.47. The van der Waals surface area contributed by atoms with Crippen molar-refractivity contribution in [2.24, 2.45) is 0 Å². The Morgan fingerprint density at radius 1 is 1.22 bits per heavy atom. The number of carbonyl (C=O) groups is 1. The van der Waals surface area contributed by atoms with E-state index in [0.717, 1.165) is 6.07 Å². The van der Waals surface area contributed by atoms with Gasteiger partial charge in [0.2, 0.25) is 0 Å². The lowest BCUT2D eigenvalue weighted by Crippen LogP contribution is -2.33. The molecule has 5 nitrogen and oxygen atoms in total. The Kier molecular flexibility index (Phi) is 5.19. The van der Waals surface area contributed by atoms with Gasteiger partial charge in [-0.3, -0.25) is 9.59 Å². The third-order valence-electron chi connectivity index (χ3n) is 2.88. The van der Waals surface area contributed by atoms with Crippen LogP contribution in [0.15, 0.2) is 45.7 Å². The van der Waals surface area contributed by atoms with E-state index >= 15 is 0 Å². The van der Waals surface area contributed by atoms with Crippen molar-refractivity contribution in [3.63, 3.8) is 0 Å². The van der Waals surface area contributed by atoms with E-state index in [0.29, 0.717) is 20.8 Å². The molecule has 9 heteroatoms. The minimum atomic E-state index is -4.63. The molecule has 1 N–H and O–H groups in total. The summed E-state index contributed by atoms with van der Waals surface area (Å²) in [6.07, 6.45) is -4.63. The number of hydrogen-bond acceptors (Lipinski definition) is 3. The predicted octanol–water partition coefficient (Wildman–Crippen LogP) is 2.45. The average molecular weight is 390 g/mol. The first kappa shape index (κ1) is 17.2. The number of carbonyl (C=O) groups excluding carboxylic acids is 1. The van der Waals surface area contributed by atoms with Crippen LogP contribution in [0.2, 0.25) is 0 Å². The maximum atomic E-state index is 12.6. The first-order valence-corrected chi connectivity index (χ1v) is 7.26. The highest BCUT2D eigenvalue weighted by Crippen LogP contribution is 2.26. The normalized spacial score (nSPS) is 11.3. The van der Waals surface area contributed by atoms with Crippen molar-refractivity contribution in [1.82, 2.24) is 15.1 Å². The lowest BCUT2D eigenvalue weighted by atomic mass is 10.2. The van der Waals surface area contributed by atoms with Gasteiger partial charge in [0.15, 0.2) is 5.69 Å². The topological polar surface area (TPSA) is 64.0 Å². The fourth-order valence-electron chi connectivity index (χ4n) is 1.78. The van der Waals surface area contributed by atoms with E-state index in [1.54, 1.807) is 24.3 Å². The summed E-state index contributed by atoms with van der Waals surface area (Å²) in [5.41, 5.74) is -1.45. The smallest absolute Gasteiger partial charge is 0.350 e. The minimum absolute atomic E-state index is 0.0333. The molecule has 0 aliphatic carbocycles. The van der Waals surface area contributed by atoms with Gasteiger partial charge >= 0.3 is 6.18 Å². The Labute approximate surface area is 137 Å². The van der Waals surface area contributed by atoms with Crippen LogP contribution in [-0.2, 0) is 12.7 Å². The number of benzene rings is 1. The Morgan fingerprint density at radius 3 is 2.57 bits per heavy atom. The van der Waals surface area contributed by atoms with Crippen LogP contribution in [0.5, 0.6) is 0 Å². The van der Waals surface area contributed by atoms with Crippen molar-refractivity contribution in [2.75, 3.05) is 6.54 Å². The molecule has 1 heterocycles. The van der Waals surface area contributed by atoms with E-state index in [1.807, 2.05) is 0 Å². The molecule has 122 valence electrons. The Morgan fingerprint density at radius 2 is 1.91 bits per heavy atom. The van der Waals surface area contributed by atoms with Gasteiger partial charge in [0.25, 0.3) is 11.5 Å². The van der Waals surface area contributed by atoms with Crippen molar-refractivity contribution in [1.29, 1.82) is 0 Å². The summed E-state index contributed by atoms with van der Waals surface area (Å²) in [5, 5.41) is 5.77. The molecule has 1 aromatic heterocycles. The van der Waals surface area contributed by atoms with Crippen LogP contribution in [0, 0.1) is 0 Å². The zero-order chi connectivity index (χ0) is 17.0. The van der Waals surface area contributed by atoms with Crippen LogP contribution in [0.4, 0.5) is 13.2 Å². The summed E-state index contributed by atoms with van der Waals surface area (Å²) < 4.78 is 38.9. The first-order chi connectivity index (χ1) is 10.8. The van der Waals surface area contributed by atoms with Crippen LogP contribution in [0.3, 0.4) is 0 Å². The van der Waals surface area contributed by atoms with Crippen LogP contribution < -0.4 is 10.9 Å². The highest BCUT2D eigenvalue weighted by atomic mass is 79.9. The van der Waals surface area contributed by atoms with E-state index in [-0.39, 0.29) is 13.1 Å². The Hall–Kier alpha value is -2.16. The number of aromatic nitrogens is 2. The average Bonchev–Trinajstić information content (AvgIpc) is 2.48.